The van der Waals surface area contributed by atoms with E-state index in [1.165, 1.54) is 16.4 Å². The molecule has 2 amide bonds. The first kappa shape index (κ1) is 21.7. The molecule has 0 spiro atoms. The highest BCUT2D eigenvalue weighted by Crippen LogP contribution is 2.33. The van der Waals surface area contributed by atoms with Gasteiger partial charge in [-0.25, -0.2) is 4.52 Å². The fourth-order valence-corrected chi connectivity index (χ4v) is 4.39. The summed E-state index contributed by atoms with van der Waals surface area (Å²) in [5.74, 6) is 0.630. The quantitative estimate of drug-likeness (QED) is 0.416. The van der Waals surface area contributed by atoms with Gasteiger partial charge in [-0.2, -0.15) is 9.47 Å². The molecule has 0 unspecified atom stereocenters. The van der Waals surface area contributed by atoms with Crippen LogP contribution >= 0.6 is 11.5 Å². The topological polar surface area (TPSA) is 109 Å². The number of amides is 2. The molecule has 0 bridgehead atoms. The monoisotopic (exact) mass is 453 g/mol. The van der Waals surface area contributed by atoms with Gasteiger partial charge < -0.3 is 20.1 Å². The Morgan fingerprint density at radius 1 is 1.31 bits per heavy atom. The number of ether oxygens (including phenoxy) is 1. The van der Waals surface area contributed by atoms with Crippen molar-refractivity contribution >= 4 is 38.9 Å². The van der Waals surface area contributed by atoms with E-state index in [-0.39, 0.29) is 18.5 Å². The summed E-state index contributed by atoms with van der Waals surface area (Å²) in [6, 6.07) is 7.15. The number of aromatic nitrogens is 3. The predicted molar refractivity (Wildman–Crippen MR) is 121 cm³/mol. The number of hydrogen-bond donors (Lipinski definition) is 2. The standard InChI is InChI=1S/C22H23N5O4S/c1-4-9-26(12-28)22(30)16-11-27-20(13(16)2)17(7-8-24-27)31-14-5-6-15-18(10-14)32-25-19(15)21(29)23-3/h5-8,10-11,28H,4,9,12H2,1-3H3,(H,23,29). The zero-order valence-electron chi connectivity index (χ0n) is 18.0. The molecule has 3 heterocycles. The minimum Gasteiger partial charge on any atom is -0.455 e. The van der Waals surface area contributed by atoms with E-state index in [0.717, 1.165) is 16.5 Å². The van der Waals surface area contributed by atoms with Gasteiger partial charge in [-0.05, 0) is 42.6 Å². The predicted octanol–water partition coefficient (Wildman–Crippen LogP) is 3.21. The normalized spacial score (nSPS) is 11.1. The van der Waals surface area contributed by atoms with Crippen LogP contribution in [-0.4, -0.2) is 56.1 Å². The minimum atomic E-state index is -0.345. The highest BCUT2D eigenvalue weighted by molar-refractivity contribution is 7.13. The second-order valence-electron chi connectivity index (χ2n) is 7.24. The Balaban J connectivity index is 1.70. The Hall–Kier alpha value is -3.50. The van der Waals surface area contributed by atoms with Crippen LogP contribution in [0.15, 0.2) is 36.7 Å². The fourth-order valence-electron chi connectivity index (χ4n) is 3.59. The second kappa shape index (κ2) is 8.93. The van der Waals surface area contributed by atoms with Gasteiger partial charge in [0.15, 0.2) is 5.75 Å². The van der Waals surface area contributed by atoms with Crippen molar-refractivity contribution in [3.63, 3.8) is 0 Å². The van der Waals surface area contributed by atoms with Crippen molar-refractivity contribution in [1.82, 2.24) is 24.2 Å². The first-order valence-electron chi connectivity index (χ1n) is 10.1. The first-order chi connectivity index (χ1) is 15.5. The summed E-state index contributed by atoms with van der Waals surface area (Å²) in [6.45, 7) is 3.90. The SMILES string of the molecule is CCCN(CO)C(=O)c1cn2nccc(Oc3ccc4c(C(=O)NC)nsc4c3)c2c1C. The lowest BCUT2D eigenvalue weighted by molar-refractivity contribution is 0.0554. The Labute approximate surface area is 188 Å². The summed E-state index contributed by atoms with van der Waals surface area (Å²) in [6.07, 6.45) is 3.99. The van der Waals surface area contributed by atoms with Gasteiger partial charge in [-0.1, -0.05) is 6.92 Å². The number of rotatable bonds is 7. The highest BCUT2D eigenvalue weighted by atomic mass is 32.1. The number of hydrogen-bond acceptors (Lipinski definition) is 7. The summed E-state index contributed by atoms with van der Waals surface area (Å²) < 4.78 is 12.8. The Bertz CT molecular complexity index is 1310. The molecular weight excluding hydrogens is 430 g/mol. The molecule has 9 nitrogen and oxygen atoms in total. The molecule has 0 saturated carbocycles. The Morgan fingerprint density at radius 2 is 2.12 bits per heavy atom. The average Bonchev–Trinajstić information content (AvgIpc) is 3.38. The van der Waals surface area contributed by atoms with Gasteiger partial charge in [0.2, 0.25) is 0 Å². The van der Waals surface area contributed by atoms with Crippen molar-refractivity contribution in [3.8, 4) is 11.5 Å². The number of aliphatic hydroxyl groups excluding tert-OH is 1. The van der Waals surface area contributed by atoms with Crippen LogP contribution < -0.4 is 10.1 Å². The average molecular weight is 454 g/mol. The number of carbonyl (C=O) groups is 2. The maximum atomic E-state index is 12.9. The van der Waals surface area contributed by atoms with Crippen LogP contribution in [0.1, 0.15) is 39.8 Å². The zero-order chi connectivity index (χ0) is 22.8. The first-order valence-corrected chi connectivity index (χ1v) is 10.9. The molecule has 166 valence electrons. The van der Waals surface area contributed by atoms with Crippen molar-refractivity contribution in [3.05, 3.63) is 53.5 Å². The lowest BCUT2D eigenvalue weighted by Crippen LogP contribution is -2.32. The number of nitrogens with zero attached hydrogens (tertiary/aromatic N) is 4. The van der Waals surface area contributed by atoms with Crippen LogP contribution in [0.2, 0.25) is 0 Å². The molecule has 10 heteroatoms. The maximum Gasteiger partial charge on any atom is 0.271 e. The maximum absolute atomic E-state index is 12.9. The zero-order valence-corrected chi connectivity index (χ0v) is 18.8. The molecule has 0 saturated heterocycles. The molecule has 32 heavy (non-hydrogen) atoms. The summed E-state index contributed by atoms with van der Waals surface area (Å²) in [7, 11) is 1.57. The molecule has 4 aromatic rings. The molecule has 2 N–H and O–H groups in total. The van der Waals surface area contributed by atoms with Crippen LogP contribution in [0.5, 0.6) is 11.5 Å². The fraction of sp³-hybridized carbons (Fsp3) is 0.273. The molecule has 0 radical (unpaired) electrons. The molecule has 0 atom stereocenters. The van der Waals surface area contributed by atoms with Crippen LogP contribution in [0.25, 0.3) is 15.6 Å². The van der Waals surface area contributed by atoms with E-state index in [1.54, 1.807) is 42.2 Å². The van der Waals surface area contributed by atoms with Crippen molar-refractivity contribution in [2.45, 2.75) is 20.3 Å². The number of aryl methyl sites for hydroxylation is 1. The number of nitrogens with one attached hydrogen (secondary N) is 1. The molecule has 4 rings (SSSR count). The van der Waals surface area contributed by atoms with E-state index in [0.29, 0.717) is 40.4 Å². The third-order valence-electron chi connectivity index (χ3n) is 5.19. The van der Waals surface area contributed by atoms with Gasteiger partial charge in [-0.15, -0.1) is 0 Å². The molecule has 3 aromatic heterocycles. The van der Waals surface area contributed by atoms with Gasteiger partial charge in [0.05, 0.1) is 16.5 Å². The molecule has 0 aliphatic carbocycles. The van der Waals surface area contributed by atoms with Crippen LogP contribution in [-0.2, 0) is 0 Å². The third kappa shape index (κ3) is 3.78. The molecule has 0 aliphatic heterocycles. The second-order valence-corrected chi connectivity index (χ2v) is 8.04. The minimum absolute atomic E-state index is 0.234. The van der Waals surface area contributed by atoms with Crippen molar-refractivity contribution < 1.29 is 19.4 Å². The summed E-state index contributed by atoms with van der Waals surface area (Å²) >= 11 is 1.23. The lowest BCUT2D eigenvalue weighted by atomic mass is 10.1. The largest absolute Gasteiger partial charge is 0.455 e. The van der Waals surface area contributed by atoms with Gasteiger partial charge in [-0.3, -0.25) is 9.59 Å². The molecular formula is C22H23N5O4S. The third-order valence-corrected chi connectivity index (χ3v) is 5.99. The Kier molecular flexibility index (Phi) is 6.06. The molecule has 0 aliphatic rings. The van der Waals surface area contributed by atoms with Crippen LogP contribution in [0.3, 0.4) is 0 Å². The van der Waals surface area contributed by atoms with Gasteiger partial charge in [0, 0.05) is 37.3 Å². The van der Waals surface area contributed by atoms with E-state index in [9.17, 15) is 14.7 Å². The van der Waals surface area contributed by atoms with E-state index in [2.05, 4.69) is 14.8 Å². The Morgan fingerprint density at radius 3 is 2.84 bits per heavy atom. The summed E-state index contributed by atoms with van der Waals surface area (Å²) in [5, 5.41) is 17.2. The van der Waals surface area contributed by atoms with Gasteiger partial charge in [0.25, 0.3) is 11.8 Å². The highest BCUT2D eigenvalue weighted by Gasteiger charge is 2.22. The van der Waals surface area contributed by atoms with E-state index in [1.807, 2.05) is 19.9 Å². The van der Waals surface area contributed by atoms with E-state index in [4.69, 9.17) is 4.74 Å². The number of carbonyl (C=O) groups excluding carboxylic acids is 2. The van der Waals surface area contributed by atoms with Crippen molar-refractivity contribution in [2.24, 2.45) is 0 Å². The number of benzene rings is 1. The van der Waals surface area contributed by atoms with E-state index < -0.39 is 0 Å². The van der Waals surface area contributed by atoms with Gasteiger partial charge in [0.1, 0.15) is 23.7 Å². The van der Waals surface area contributed by atoms with Gasteiger partial charge >= 0.3 is 0 Å². The van der Waals surface area contributed by atoms with Crippen LogP contribution in [0, 0.1) is 6.92 Å². The van der Waals surface area contributed by atoms with Crippen molar-refractivity contribution in [1.29, 1.82) is 0 Å². The van der Waals surface area contributed by atoms with E-state index >= 15 is 0 Å². The lowest BCUT2D eigenvalue weighted by Gasteiger charge is -2.18. The number of fused-ring (bicyclic) bond motifs is 2. The molecule has 1 aromatic carbocycles. The van der Waals surface area contributed by atoms with Crippen molar-refractivity contribution in [2.75, 3.05) is 20.3 Å². The summed E-state index contributed by atoms with van der Waals surface area (Å²) in [4.78, 5) is 26.3. The molecule has 0 fully saturated rings. The number of aliphatic hydroxyl groups is 1. The smallest absolute Gasteiger partial charge is 0.271 e. The summed E-state index contributed by atoms with van der Waals surface area (Å²) in [5.41, 5.74) is 2.23. The van der Waals surface area contributed by atoms with Crippen LogP contribution in [0.4, 0.5) is 0 Å².